The molecule has 0 fully saturated rings. The summed E-state index contributed by atoms with van der Waals surface area (Å²) < 4.78 is 25.6. The molecule has 2 aromatic heterocycles. The number of halogens is 2. The molecule has 29 heavy (non-hydrogen) atoms. The number of thiazole rings is 1. The van der Waals surface area contributed by atoms with Crippen molar-refractivity contribution in [1.29, 1.82) is 0 Å². The molecule has 0 saturated carbocycles. The van der Waals surface area contributed by atoms with Gasteiger partial charge in [-0.25, -0.2) is 18.7 Å². The van der Waals surface area contributed by atoms with Crippen LogP contribution in [-0.4, -0.2) is 20.9 Å². The highest BCUT2D eigenvalue weighted by Crippen LogP contribution is 2.36. The lowest BCUT2D eigenvalue weighted by molar-refractivity contribution is 0.102. The molecule has 2 aromatic carbocycles. The second kappa shape index (κ2) is 7.71. The van der Waals surface area contributed by atoms with E-state index in [0.717, 1.165) is 16.1 Å². The van der Waals surface area contributed by atoms with Gasteiger partial charge in [0.05, 0.1) is 16.7 Å². The number of H-pyrrole nitrogens is 1. The largest absolute Gasteiger partial charge is 0.337 e. The Kier molecular flexibility index (Phi) is 5.10. The normalized spacial score (nSPS) is 11.5. The zero-order valence-electron chi connectivity index (χ0n) is 15.7. The number of hydrogen-bond acceptors (Lipinski definition) is 4. The molecule has 0 aliphatic carbocycles. The van der Waals surface area contributed by atoms with Crippen LogP contribution in [0.1, 0.15) is 47.3 Å². The van der Waals surface area contributed by atoms with E-state index < -0.39 is 12.2 Å². The highest BCUT2D eigenvalue weighted by molar-refractivity contribution is 7.16. The molecule has 0 unspecified atom stereocenters. The van der Waals surface area contributed by atoms with Crippen molar-refractivity contribution < 1.29 is 13.6 Å². The standard InChI is InChI=1S/C21H18F2N4OS/c1-11(2)17-16(12-6-4-3-5-7-12)26-21(29-17)27-20(28)13-8-9-14-15(10-13)25-19(24-14)18(22)23/h3-11,18H,1-2H3,(H,24,25)(H,26,27,28). The Hall–Kier alpha value is -3.13. The maximum atomic E-state index is 12.8. The molecular weight excluding hydrogens is 394 g/mol. The summed E-state index contributed by atoms with van der Waals surface area (Å²) in [6, 6.07) is 14.4. The molecule has 0 aliphatic heterocycles. The van der Waals surface area contributed by atoms with E-state index in [0.29, 0.717) is 21.7 Å². The van der Waals surface area contributed by atoms with Crippen molar-refractivity contribution in [2.24, 2.45) is 0 Å². The minimum absolute atomic E-state index is 0.252. The third kappa shape index (κ3) is 3.88. The fourth-order valence-corrected chi connectivity index (χ4v) is 4.01. The van der Waals surface area contributed by atoms with Gasteiger partial charge in [-0.15, -0.1) is 11.3 Å². The number of carbonyl (C=O) groups is 1. The number of fused-ring (bicyclic) bond motifs is 1. The average molecular weight is 412 g/mol. The van der Waals surface area contributed by atoms with Crippen molar-refractivity contribution in [1.82, 2.24) is 15.0 Å². The first-order chi connectivity index (χ1) is 13.9. The zero-order valence-corrected chi connectivity index (χ0v) is 16.6. The number of carbonyl (C=O) groups excluding carboxylic acids is 1. The van der Waals surface area contributed by atoms with Crippen LogP contribution >= 0.6 is 11.3 Å². The van der Waals surface area contributed by atoms with E-state index in [9.17, 15) is 13.6 Å². The Morgan fingerprint density at radius 2 is 1.86 bits per heavy atom. The van der Waals surface area contributed by atoms with Crippen LogP contribution in [0.4, 0.5) is 13.9 Å². The molecule has 8 heteroatoms. The van der Waals surface area contributed by atoms with Gasteiger partial charge in [0.25, 0.3) is 12.3 Å². The number of aromatic nitrogens is 3. The van der Waals surface area contributed by atoms with Gasteiger partial charge in [0.2, 0.25) is 0 Å². The summed E-state index contributed by atoms with van der Waals surface area (Å²) in [5.74, 6) is -0.516. The third-order valence-electron chi connectivity index (χ3n) is 4.41. The molecule has 2 heterocycles. The highest BCUT2D eigenvalue weighted by Gasteiger charge is 2.18. The second-order valence-corrected chi connectivity index (χ2v) is 7.89. The van der Waals surface area contributed by atoms with Gasteiger partial charge in [-0.05, 0) is 24.1 Å². The Bertz CT molecular complexity index is 1170. The Morgan fingerprint density at radius 1 is 1.10 bits per heavy atom. The van der Waals surface area contributed by atoms with Crippen molar-refractivity contribution in [3.8, 4) is 11.3 Å². The maximum Gasteiger partial charge on any atom is 0.295 e. The van der Waals surface area contributed by atoms with Crippen LogP contribution in [0.3, 0.4) is 0 Å². The summed E-state index contributed by atoms with van der Waals surface area (Å²) in [6.07, 6.45) is -2.69. The fourth-order valence-electron chi connectivity index (χ4n) is 3.02. The molecule has 5 nitrogen and oxygen atoms in total. The number of alkyl halides is 2. The van der Waals surface area contributed by atoms with Gasteiger partial charge in [-0.3, -0.25) is 10.1 Å². The monoisotopic (exact) mass is 412 g/mol. The molecule has 0 atom stereocenters. The number of aromatic amines is 1. The van der Waals surface area contributed by atoms with Crippen LogP contribution in [0.2, 0.25) is 0 Å². The lowest BCUT2D eigenvalue weighted by atomic mass is 10.1. The van der Waals surface area contributed by atoms with Crippen LogP contribution in [0.5, 0.6) is 0 Å². The number of benzene rings is 2. The molecule has 1 amide bonds. The van der Waals surface area contributed by atoms with Crippen LogP contribution in [0, 0.1) is 0 Å². The van der Waals surface area contributed by atoms with Crippen molar-refractivity contribution in [2.75, 3.05) is 5.32 Å². The van der Waals surface area contributed by atoms with Crippen molar-refractivity contribution in [3.05, 3.63) is 64.8 Å². The number of rotatable bonds is 5. The molecule has 2 N–H and O–H groups in total. The van der Waals surface area contributed by atoms with Gasteiger partial charge in [-0.1, -0.05) is 44.2 Å². The predicted molar refractivity (Wildman–Crippen MR) is 111 cm³/mol. The third-order valence-corrected chi connectivity index (χ3v) is 5.69. The predicted octanol–water partition coefficient (Wildman–Crippen LogP) is 6.00. The Morgan fingerprint density at radius 3 is 2.55 bits per heavy atom. The van der Waals surface area contributed by atoms with E-state index in [4.69, 9.17) is 0 Å². The zero-order chi connectivity index (χ0) is 20.5. The van der Waals surface area contributed by atoms with Crippen molar-refractivity contribution >= 4 is 33.4 Å². The van der Waals surface area contributed by atoms with E-state index in [1.165, 1.54) is 17.4 Å². The maximum absolute atomic E-state index is 12.8. The summed E-state index contributed by atoms with van der Waals surface area (Å²) in [7, 11) is 0. The first-order valence-electron chi connectivity index (χ1n) is 9.07. The SMILES string of the molecule is CC(C)c1sc(NC(=O)c2ccc3nc(C(F)F)[nH]c3c2)nc1-c1ccccc1. The van der Waals surface area contributed by atoms with Crippen molar-refractivity contribution in [3.63, 3.8) is 0 Å². The summed E-state index contributed by atoms with van der Waals surface area (Å²) in [5.41, 5.74) is 2.96. The van der Waals surface area contributed by atoms with E-state index in [1.807, 2.05) is 30.3 Å². The van der Waals surface area contributed by atoms with Crippen LogP contribution < -0.4 is 5.32 Å². The van der Waals surface area contributed by atoms with Gasteiger partial charge in [-0.2, -0.15) is 0 Å². The molecule has 0 radical (unpaired) electrons. The Balaban J connectivity index is 1.62. The molecular formula is C21H18F2N4OS. The summed E-state index contributed by atoms with van der Waals surface area (Å²) in [6.45, 7) is 4.16. The van der Waals surface area contributed by atoms with Crippen molar-refractivity contribution in [2.45, 2.75) is 26.2 Å². The van der Waals surface area contributed by atoms with E-state index in [-0.39, 0.29) is 11.8 Å². The molecule has 4 aromatic rings. The van der Waals surface area contributed by atoms with E-state index >= 15 is 0 Å². The number of amides is 1. The number of anilines is 1. The first-order valence-corrected chi connectivity index (χ1v) is 9.89. The van der Waals surface area contributed by atoms with Gasteiger partial charge < -0.3 is 4.98 Å². The van der Waals surface area contributed by atoms with Crippen LogP contribution in [0.25, 0.3) is 22.3 Å². The molecule has 0 spiro atoms. The Labute approximate surface area is 169 Å². The fraction of sp³-hybridized carbons (Fsp3) is 0.190. The van der Waals surface area contributed by atoms with E-state index in [2.05, 4.69) is 34.1 Å². The number of nitrogens with zero attached hydrogens (tertiary/aromatic N) is 2. The van der Waals surface area contributed by atoms with Crippen LogP contribution in [0.15, 0.2) is 48.5 Å². The number of hydrogen-bond donors (Lipinski definition) is 2. The minimum Gasteiger partial charge on any atom is -0.337 e. The molecule has 4 rings (SSSR count). The average Bonchev–Trinajstić information content (AvgIpc) is 3.32. The van der Waals surface area contributed by atoms with Gasteiger partial charge in [0, 0.05) is 16.0 Å². The minimum atomic E-state index is -2.69. The second-order valence-electron chi connectivity index (χ2n) is 6.86. The molecule has 0 bridgehead atoms. The molecule has 0 aliphatic rings. The van der Waals surface area contributed by atoms with Gasteiger partial charge >= 0.3 is 0 Å². The lowest BCUT2D eigenvalue weighted by Crippen LogP contribution is -2.11. The summed E-state index contributed by atoms with van der Waals surface area (Å²) in [5, 5.41) is 3.32. The van der Waals surface area contributed by atoms with Gasteiger partial charge in [0.1, 0.15) is 0 Å². The molecule has 0 saturated heterocycles. The summed E-state index contributed by atoms with van der Waals surface area (Å²) in [4.78, 5) is 24.8. The smallest absolute Gasteiger partial charge is 0.295 e. The van der Waals surface area contributed by atoms with Crippen LogP contribution in [-0.2, 0) is 0 Å². The quantitative estimate of drug-likeness (QED) is 0.422. The number of imidazole rings is 1. The molecule has 148 valence electrons. The van der Waals surface area contributed by atoms with E-state index in [1.54, 1.807) is 12.1 Å². The first kappa shape index (κ1) is 19.2. The lowest BCUT2D eigenvalue weighted by Gasteiger charge is -2.04. The highest BCUT2D eigenvalue weighted by atomic mass is 32.1. The summed E-state index contributed by atoms with van der Waals surface area (Å²) >= 11 is 1.43. The topological polar surface area (TPSA) is 70.7 Å². The van der Waals surface area contributed by atoms with Gasteiger partial charge in [0.15, 0.2) is 11.0 Å². The number of nitrogens with one attached hydrogen (secondary N) is 2.